The van der Waals surface area contributed by atoms with Gasteiger partial charge in [-0.05, 0) is 66.3 Å². The third kappa shape index (κ3) is 6.56. The van der Waals surface area contributed by atoms with E-state index in [1.807, 2.05) is 18.2 Å². The minimum atomic E-state index is -4.71. The maximum atomic E-state index is 12.7. The van der Waals surface area contributed by atoms with E-state index < -0.39 is 6.36 Å². The monoisotopic (exact) mass is 582 g/mol. The van der Waals surface area contributed by atoms with E-state index >= 15 is 0 Å². The van der Waals surface area contributed by atoms with E-state index in [1.54, 1.807) is 12.1 Å². The molecule has 9 heteroatoms. The number of fused-ring (bicyclic) bond motifs is 1. The standard InChI is InChI=1S/C32H34ClF3N4O/c33-30-4-2-1-3-24(30)20-39-15-13-38(14-16-39)19-22-5-12-31-28(17-22)29(21-40(31)26-9-8-25(37)18-26)23-6-10-27(11-7-23)41-32(34,35)36/h1-7,10-12,17,21,25-26H,8-9,13-16,18-20,37H2/t25-,26-/m1/s1. The molecule has 2 N–H and O–H groups in total. The van der Waals surface area contributed by atoms with Crippen LogP contribution in [0.15, 0.2) is 72.9 Å². The van der Waals surface area contributed by atoms with Crippen molar-refractivity contribution < 1.29 is 17.9 Å². The van der Waals surface area contributed by atoms with Crippen molar-refractivity contribution in [1.82, 2.24) is 14.4 Å². The van der Waals surface area contributed by atoms with Crippen LogP contribution in [-0.4, -0.2) is 53.0 Å². The lowest BCUT2D eigenvalue weighted by atomic mass is 10.0. The molecule has 2 aliphatic rings. The Bertz CT molecular complexity index is 1500. The molecule has 2 heterocycles. The van der Waals surface area contributed by atoms with E-state index in [0.717, 1.165) is 91.1 Å². The second kappa shape index (κ2) is 11.7. The first kappa shape index (κ1) is 28.1. The Balaban J connectivity index is 1.22. The molecule has 0 spiro atoms. The Labute approximate surface area is 243 Å². The fraction of sp³-hybridized carbons (Fsp3) is 0.375. The van der Waals surface area contributed by atoms with Crippen LogP contribution < -0.4 is 10.5 Å². The van der Waals surface area contributed by atoms with Crippen molar-refractivity contribution in [1.29, 1.82) is 0 Å². The van der Waals surface area contributed by atoms with Crippen molar-refractivity contribution in [2.75, 3.05) is 26.2 Å². The molecule has 216 valence electrons. The molecule has 1 saturated heterocycles. The molecule has 1 aliphatic heterocycles. The molecule has 3 aromatic carbocycles. The maximum absolute atomic E-state index is 12.7. The SMILES string of the molecule is N[C@@H]1CC[C@@H](n2cc(-c3ccc(OC(F)(F)F)cc3)c3cc(CN4CCN(Cc5ccccc5Cl)CC4)ccc32)C1. The zero-order valence-corrected chi connectivity index (χ0v) is 23.5. The number of piperazine rings is 1. The van der Waals surface area contributed by atoms with Gasteiger partial charge in [-0.3, -0.25) is 9.80 Å². The normalized spacial score (nSPS) is 20.6. The van der Waals surface area contributed by atoms with E-state index in [1.165, 1.54) is 17.7 Å². The van der Waals surface area contributed by atoms with E-state index in [2.05, 4.69) is 49.6 Å². The Morgan fingerprint density at radius 1 is 0.878 bits per heavy atom. The van der Waals surface area contributed by atoms with Gasteiger partial charge >= 0.3 is 6.36 Å². The van der Waals surface area contributed by atoms with Crippen LogP contribution in [0.3, 0.4) is 0 Å². The van der Waals surface area contributed by atoms with Gasteiger partial charge in [0.1, 0.15) is 5.75 Å². The molecule has 0 amide bonds. The highest BCUT2D eigenvalue weighted by Crippen LogP contribution is 2.39. The molecule has 2 fully saturated rings. The lowest BCUT2D eigenvalue weighted by Crippen LogP contribution is -2.45. The van der Waals surface area contributed by atoms with Gasteiger partial charge in [0, 0.05) is 79.0 Å². The summed E-state index contributed by atoms with van der Waals surface area (Å²) in [6.07, 6.45) is 0.354. The summed E-state index contributed by atoms with van der Waals surface area (Å²) in [7, 11) is 0. The summed E-state index contributed by atoms with van der Waals surface area (Å²) in [5.74, 6) is -0.221. The van der Waals surface area contributed by atoms with Crippen LogP contribution in [0.4, 0.5) is 13.2 Å². The van der Waals surface area contributed by atoms with E-state index in [4.69, 9.17) is 17.3 Å². The molecule has 1 aromatic heterocycles. The maximum Gasteiger partial charge on any atom is 0.573 e. The number of halogens is 4. The molecule has 4 aromatic rings. The largest absolute Gasteiger partial charge is 0.573 e. The molecule has 41 heavy (non-hydrogen) atoms. The predicted molar refractivity (Wildman–Crippen MR) is 157 cm³/mol. The average molecular weight is 583 g/mol. The Morgan fingerprint density at radius 3 is 2.24 bits per heavy atom. The Morgan fingerprint density at radius 2 is 1.59 bits per heavy atom. The number of benzene rings is 3. The number of hydrogen-bond donors (Lipinski definition) is 1. The van der Waals surface area contributed by atoms with Crippen LogP contribution in [0.5, 0.6) is 5.75 Å². The first-order valence-corrected chi connectivity index (χ1v) is 14.5. The molecule has 1 aliphatic carbocycles. The zero-order chi connectivity index (χ0) is 28.6. The van der Waals surface area contributed by atoms with Crippen LogP contribution in [0.2, 0.25) is 5.02 Å². The van der Waals surface area contributed by atoms with Gasteiger partial charge in [0.15, 0.2) is 0 Å². The third-order valence-corrected chi connectivity index (χ3v) is 8.73. The van der Waals surface area contributed by atoms with Gasteiger partial charge in [-0.15, -0.1) is 13.2 Å². The number of ether oxygens (including phenoxy) is 1. The van der Waals surface area contributed by atoms with Crippen LogP contribution in [0.25, 0.3) is 22.0 Å². The van der Waals surface area contributed by atoms with Crippen LogP contribution in [-0.2, 0) is 13.1 Å². The number of alkyl halides is 3. The summed E-state index contributed by atoms with van der Waals surface area (Å²) >= 11 is 6.37. The van der Waals surface area contributed by atoms with Crippen LogP contribution >= 0.6 is 11.6 Å². The van der Waals surface area contributed by atoms with E-state index in [0.29, 0.717) is 6.04 Å². The number of nitrogens with two attached hydrogens (primary N) is 1. The van der Waals surface area contributed by atoms with Crippen molar-refractivity contribution in [2.24, 2.45) is 5.73 Å². The Kier molecular flexibility index (Phi) is 8.01. The van der Waals surface area contributed by atoms with Gasteiger partial charge in [-0.2, -0.15) is 0 Å². The smallest absolute Gasteiger partial charge is 0.406 e. The second-order valence-corrected chi connectivity index (χ2v) is 11.7. The molecular formula is C32H34ClF3N4O. The number of rotatable bonds is 7. The van der Waals surface area contributed by atoms with Gasteiger partial charge in [0.25, 0.3) is 0 Å². The summed E-state index contributed by atoms with van der Waals surface area (Å²) in [5, 5.41) is 1.91. The second-order valence-electron chi connectivity index (χ2n) is 11.2. The summed E-state index contributed by atoms with van der Waals surface area (Å²) in [6.45, 7) is 5.59. The quantitative estimate of drug-likeness (QED) is 0.250. The van der Waals surface area contributed by atoms with Crippen LogP contribution in [0, 0.1) is 0 Å². The molecule has 0 bridgehead atoms. The minimum absolute atomic E-state index is 0.190. The molecule has 0 unspecified atom stereocenters. The fourth-order valence-corrected chi connectivity index (χ4v) is 6.44. The first-order chi connectivity index (χ1) is 19.7. The summed E-state index contributed by atoms with van der Waals surface area (Å²) in [6, 6.07) is 21.3. The topological polar surface area (TPSA) is 46.7 Å². The molecule has 1 saturated carbocycles. The van der Waals surface area contributed by atoms with Gasteiger partial charge in [0.05, 0.1) is 0 Å². The highest BCUT2D eigenvalue weighted by atomic mass is 35.5. The number of hydrogen-bond acceptors (Lipinski definition) is 4. The number of aromatic nitrogens is 1. The zero-order valence-electron chi connectivity index (χ0n) is 22.8. The van der Waals surface area contributed by atoms with Gasteiger partial charge in [0.2, 0.25) is 0 Å². The van der Waals surface area contributed by atoms with Crippen molar-refractivity contribution in [2.45, 2.75) is 50.8 Å². The highest BCUT2D eigenvalue weighted by molar-refractivity contribution is 6.31. The lowest BCUT2D eigenvalue weighted by molar-refractivity contribution is -0.274. The molecule has 2 atom stereocenters. The van der Waals surface area contributed by atoms with Crippen molar-refractivity contribution >= 4 is 22.5 Å². The first-order valence-electron chi connectivity index (χ1n) is 14.2. The molecule has 6 rings (SSSR count). The van der Waals surface area contributed by atoms with Gasteiger partial charge < -0.3 is 15.0 Å². The highest BCUT2D eigenvalue weighted by Gasteiger charge is 2.31. The summed E-state index contributed by atoms with van der Waals surface area (Å²) in [5.41, 5.74) is 11.6. The lowest BCUT2D eigenvalue weighted by Gasteiger charge is -2.35. The van der Waals surface area contributed by atoms with Crippen molar-refractivity contribution in [3.63, 3.8) is 0 Å². The fourth-order valence-electron chi connectivity index (χ4n) is 6.24. The minimum Gasteiger partial charge on any atom is -0.406 e. The van der Waals surface area contributed by atoms with E-state index in [-0.39, 0.29) is 11.8 Å². The molecule has 5 nitrogen and oxygen atoms in total. The van der Waals surface area contributed by atoms with Gasteiger partial charge in [-0.1, -0.05) is 48.0 Å². The Hall–Kier alpha value is -3.04. The van der Waals surface area contributed by atoms with Crippen LogP contribution in [0.1, 0.15) is 36.4 Å². The molecular weight excluding hydrogens is 549 g/mol. The summed E-state index contributed by atoms with van der Waals surface area (Å²) < 4.78 is 44.5. The third-order valence-electron chi connectivity index (χ3n) is 8.36. The number of nitrogens with zero attached hydrogens (tertiary/aromatic N) is 3. The van der Waals surface area contributed by atoms with Gasteiger partial charge in [-0.25, -0.2) is 0 Å². The molecule has 0 radical (unpaired) electrons. The average Bonchev–Trinajstić information content (AvgIpc) is 3.54. The predicted octanol–water partition coefficient (Wildman–Crippen LogP) is 7.23. The van der Waals surface area contributed by atoms with Crippen molar-refractivity contribution in [3.8, 4) is 16.9 Å². The van der Waals surface area contributed by atoms with E-state index in [9.17, 15) is 13.2 Å². The summed E-state index contributed by atoms with van der Waals surface area (Å²) in [4.78, 5) is 4.91. The van der Waals surface area contributed by atoms with Crippen molar-refractivity contribution in [3.05, 3.63) is 89.1 Å².